The van der Waals surface area contributed by atoms with Crippen molar-refractivity contribution in [2.75, 3.05) is 0 Å². The van der Waals surface area contributed by atoms with Gasteiger partial charge in [0.25, 0.3) is 5.56 Å². The fraction of sp³-hybridized carbons (Fsp3) is 0. The summed E-state index contributed by atoms with van der Waals surface area (Å²) in [5.41, 5.74) is 0.0756. The van der Waals surface area contributed by atoms with Crippen molar-refractivity contribution in [1.29, 1.82) is 0 Å². The van der Waals surface area contributed by atoms with Gasteiger partial charge in [0.15, 0.2) is 0 Å². The third kappa shape index (κ3) is 1.28. The van der Waals surface area contributed by atoms with E-state index in [0.29, 0.717) is 10.9 Å². The van der Waals surface area contributed by atoms with Gasteiger partial charge in [0.1, 0.15) is 0 Å². The van der Waals surface area contributed by atoms with Gasteiger partial charge in [-0.15, -0.1) is 0 Å². The Labute approximate surface area is 82.9 Å². The highest BCUT2D eigenvalue weighted by Gasteiger charge is 2.06. The molecule has 0 atom stereocenters. The van der Waals surface area contributed by atoms with Crippen LogP contribution in [0.2, 0.25) is 5.28 Å². The molecule has 0 aliphatic heterocycles. The first-order valence-electron chi connectivity index (χ1n) is 3.38. The molecule has 2 rings (SSSR count). The average molecular weight is 216 g/mol. The average Bonchev–Trinajstić information content (AvgIpc) is 2.15. The van der Waals surface area contributed by atoms with Crippen LogP contribution in [0, 0.1) is 0 Å². The molecule has 0 spiro atoms. The van der Waals surface area contributed by atoms with Crippen molar-refractivity contribution in [3.63, 3.8) is 0 Å². The molecule has 0 radical (unpaired) electrons. The lowest BCUT2D eigenvalue weighted by molar-refractivity contribution is 1.08. The Morgan fingerprint density at radius 1 is 1.46 bits per heavy atom. The normalized spacial score (nSPS) is 10.6. The number of pyridine rings is 1. The van der Waals surface area contributed by atoms with Crippen molar-refractivity contribution in [2.24, 2.45) is 0 Å². The topological polar surface area (TPSA) is 47.8 Å². The molecule has 0 saturated heterocycles. The van der Waals surface area contributed by atoms with Gasteiger partial charge in [-0.3, -0.25) is 9.78 Å². The molecule has 6 heteroatoms. The number of nitrogens with zero attached hydrogens (tertiary/aromatic N) is 3. The molecule has 0 bridgehead atoms. The fourth-order valence-corrected chi connectivity index (χ4v) is 1.28. The molecule has 0 N–H and O–H groups in total. The van der Waals surface area contributed by atoms with E-state index < -0.39 is 5.56 Å². The van der Waals surface area contributed by atoms with Gasteiger partial charge in [-0.25, -0.2) is 4.98 Å². The molecule has 0 saturated carbocycles. The Hall–Kier alpha value is -1.13. The lowest BCUT2D eigenvalue weighted by Gasteiger charge is -1.99. The molecule has 4 nitrogen and oxygen atoms in total. The van der Waals surface area contributed by atoms with E-state index in [1.54, 1.807) is 6.07 Å². The standard InChI is InChI=1S/C7H3Cl2N3O/c8-7-11-5-1-2-10-3-4(5)6(13)12(7)9/h1-3H. The first kappa shape index (κ1) is 8.47. The molecule has 0 aromatic carbocycles. The summed E-state index contributed by atoms with van der Waals surface area (Å²) in [5.74, 6) is 0. The quantitative estimate of drug-likeness (QED) is 0.626. The number of fused-ring (bicyclic) bond motifs is 1. The minimum atomic E-state index is -0.412. The van der Waals surface area contributed by atoms with E-state index in [9.17, 15) is 4.79 Å². The highest BCUT2D eigenvalue weighted by Crippen LogP contribution is 2.10. The van der Waals surface area contributed by atoms with Crippen LogP contribution in [0.4, 0.5) is 0 Å². The van der Waals surface area contributed by atoms with E-state index in [4.69, 9.17) is 23.4 Å². The molecule has 0 aliphatic carbocycles. The predicted octanol–water partition coefficient (Wildman–Crippen LogP) is 1.45. The van der Waals surface area contributed by atoms with E-state index in [2.05, 4.69) is 9.97 Å². The van der Waals surface area contributed by atoms with Gasteiger partial charge in [0.05, 0.1) is 10.9 Å². The van der Waals surface area contributed by atoms with Crippen LogP contribution in [0.1, 0.15) is 0 Å². The van der Waals surface area contributed by atoms with Crippen molar-refractivity contribution >= 4 is 34.3 Å². The first-order valence-corrected chi connectivity index (χ1v) is 4.10. The van der Waals surface area contributed by atoms with Crippen molar-refractivity contribution in [3.05, 3.63) is 34.1 Å². The molecule has 0 aliphatic rings. The SMILES string of the molecule is O=c1c2cnccc2nc(Cl)n1Cl. The summed E-state index contributed by atoms with van der Waals surface area (Å²) >= 11 is 11.1. The maximum atomic E-state index is 11.4. The number of aromatic nitrogens is 3. The number of hydrogen-bond donors (Lipinski definition) is 0. The van der Waals surface area contributed by atoms with Crippen molar-refractivity contribution in [2.45, 2.75) is 0 Å². The summed E-state index contributed by atoms with van der Waals surface area (Å²) < 4.78 is 0.756. The lowest BCUT2D eigenvalue weighted by Crippen LogP contribution is -2.15. The summed E-state index contributed by atoms with van der Waals surface area (Å²) in [6, 6.07) is 1.60. The van der Waals surface area contributed by atoms with Crippen LogP contribution in [-0.2, 0) is 0 Å². The molecule has 2 aromatic heterocycles. The van der Waals surface area contributed by atoms with E-state index in [1.165, 1.54) is 12.4 Å². The largest absolute Gasteiger partial charge is 0.278 e. The summed E-state index contributed by atoms with van der Waals surface area (Å²) in [6.07, 6.45) is 2.93. The monoisotopic (exact) mass is 215 g/mol. The second-order valence-corrected chi connectivity index (χ2v) is 3.04. The summed E-state index contributed by atoms with van der Waals surface area (Å²) in [4.78, 5) is 19.1. The van der Waals surface area contributed by atoms with E-state index in [-0.39, 0.29) is 5.28 Å². The van der Waals surface area contributed by atoms with Gasteiger partial charge in [-0.05, 0) is 17.7 Å². The Morgan fingerprint density at radius 3 is 3.00 bits per heavy atom. The van der Waals surface area contributed by atoms with E-state index in [0.717, 1.165) is 4.09 Å². The van der Waals surface area contributed by atoms with Crippen LogP contribution in [0.15, 0.2) is 23.3 Å². The van der Waals surface area contributed by atoms with Gasteiger partial charge < -0.3 is 0 Å². The molecular weight excluding hydrogens is 213 g/mol. The zero-order valence-electron chi connectivity index (χ0n) is 6.24. The number of halogens is 2. The zero-order valence-corrected chi connectivity index (χ0v) is 7.75. The minimum Gasteiger partial charge on any atom is -0.267 e. The minimum absolute atomic E-state index is 0.0506. The first-order chi connectivity index (χ1) is 6.20. The third-order valence-corrected chi connectivity index (χ3v) is 2.24. The van der Waals surface area contributed by atoms with Crippen LogP contribution in [0.3, 0.4) is 0 Å². The Kier molecular flexibility index (Phi) is 1.94. The fourth-order valence-electron chi connectivity index (χ4n) is 0.982. The lowest BCUT2D eigenvalue weighted by atomic mass is 10.3. The Bertz CT molecular complexity index is 523. The molecule has 2 aromatic rings. The second-order valence-electron chi connectivity index (χ2n) is 2.36. The van der Waals surface area contributed by atoms with Crippen molar-refractivity contribution < 1.29 is 0 Å². The van der Waals surface area contributed by atoms with Crippen LogP contribution < -0.4 is 5.56 Å². The molecule has 2 heterocycles. The zero-order chi connectivity index (χ0) is 9.42. The Balaban J connectivity index is 3.03. The van der Waals surface area contributed by atoms with Gasteiger partial charge in [0, 0.05) is 24.2 Å². The van der Waals surface area contributed by atoms with Gasteiger partial charge in [-0.1, -0.05) is 0 Å². The maximum Gasteiger partial charge on any atom is 0.278 e. The van der Waals surface area contributed by atoms with Gasteiger partial charge in [0.2, 0.25) is 5.28 Å². The van der Waals surface area contributed by atoms with Gasteiger partial charge >= 0.3 is 0 Å². The van der Waals surface area contributed by atoms with Crippen LogP contribution in [0.25, 0.3) is 10.9 Å². The van der Waals surface area contributed by atoms with Crippen LogP contribution in [-0.4, -0.2) is 14.1 Å². The van der Waals surface area contributed by atoms with E-state index >= 15 is 0 Å². The molecule has 13 heavy (non-hydrogen) atoms. The highest BCUT2D eigenvalue weighted by molar-refractivity contribution is 6.32. The number of hydrogen-bond acceptors (Lipinski definition) is 3. The summed E-state index contributed by atoms with van der Waals surface area (Å²) in [7, 11) is 0. The molecule has 0 amide bonds. The molecule has 66 valence electrons. The van der Waals surface area contributed by atoms with Crippen molar-refractivity contribution in [1.82, 2.24) is 14.1 Å². The maximum absolute atomic E-state index is 11.4. The summed E-state index contributed by atoms with van der Waals surface area (Å²) in [6.45, 7) is 0. The van der Waals surface area contributed by atoms with E-state index in [1.807, 2.05) is 0 Å². The second kappa shape index (κ2) is 2.97. The predicted molar refractivity (Wildman–Crippen MR) is 50.1 cm³/mol. The molecule has 0 unspecified atom stereocenters. The van der Waals surface area contributed by atoms with Crippen molar-refractivity contribution in [3.8, 4) is 0 Å². The Morgan fingerprint density at radius 2 is 2.23 bits per heavy atom. The smallest absolute Gasteiger partial charge is 0.267 e. The number of rotatable bonds is 0. The third-order valence-electron chi connectivity index (χ3n) is 1.58. The van der Waals surface area contributed by atoms with Crippen LogP contribution >= 0.6 is 23.4 Å². The molecule has 0 fully saturated rings. The highest BCUT2D eigenvalue weighted by atomic mass is 35.5. The van der Waals surface area contributed by atoms with Crippen LogP contribution in [0.5, 0.6) is 0 Å². The molecular formula is C7H3Cl2N3O. The van der Waals surface area contributed by atoms with Gasteiger partial charge in [-0.2, -0.15) is 4.09 Å². The summed E-state index contributed by atoms with van der Waals surface area (Å²) in [5, 5.41) is 0.298.